The van der Waals surface area contributed by atoms with Crippen LogP contribution in [0.15, 0.2) is 4.99 Å². The fourth-order valence-electron chi connectivity index (χ4n) is 2.33. The van der Waals surface area contributed by atoms with Gasteiger partial charge in [-0.2, -0.15) is 0 Å². The van der Waals surface area contributed by atoms with Crippen molar-refractivity contribution in [2.45, 2.75) is 31.9 Å². The maximum atomic E-state index is 4.60. The van der Waals surface area contributed by atoms with Gasteiger partial charge in [0.15, 0.2) is 5.17 Å². The molecule has 0 radical (unpaired) electrons. The van der Waals surface area contributed by atoms with Crippen molar-refractivity contribution in [1.29, 1.82) is 0 Å². The van der Waals surface area contributed by atoms with E-state index in [4.69, 9.17) is 0 Å². The van der Waals surface area contributed by atoms with Crippen molar-refractivity contribution in [3.8, 4) is 0 Å². The number of hydrogen-bond donors (Lipinski definition) is 1. The van der Waals surface area contributed by atoms with Crippen molar-refractivity contribution in [1.82, 2.24) is 10.2 Å². The summed E-state index contributed by atoms with van der Waals surface area (Å²) in [6, 6.07) is 0. The van der Waals surface area contributed by atoms with E-state index in [1.807, 2.05) is 11.8 Å². The zero-order chi connectivity index (χ0) is 12.3. The van der Waals surface area contributed by atoms with Gasteiger partial charge in [-0.1, -0.05) is 25.6 Å². The average Bonchev–Trinajstić information content (AvgIpc) is 2.77. The molecule has 0 aromatic carbocycles. The number of piperidine rings is 1. The third kappa shape index (κ3) is 3.88. The summed E-state index contributed by atoms with van der Waals surface area (Å²) in [7, 11) is 2.22. The summed E-state index contributed by atoms with van der Waals surface area (Å²) in [5.41, 5.74) is 0. The lowest BCUT2D eigenvalue weighted by Crippen LogP contribution is -2.36. The fourth-order valence-corrected chi connectivity index (χ4v) is 3.36. The molecule has 0 aromatic heterocycles. The van der Waals surface area contributed by atoms with Crippen LogP contribution >= 0.6 is 11.8 Å². The third-order valence-corrected chi connectivity index (χ3v) is 5.29. The lowest BCUT2D eigenvalue weighted by atomic mass is 9.97. The highest BCUT2D eigenvalue weighted by molar-refractivity contribution is 8.14. The maximum absolute atomic E-state index is 4.60. The number of thioether (sulfide) groups is 1. The standard InChI is InChI=1S/C13H25N3S/c1-10(2)12-9-15-13(17-12)14-8-11-4-6-16(3)7-5-11/h10-12H,4-9H2,1-3H3,(H,14,15). The summed E-state index contributed by atoms with van der Waals surface area (Å²) in [4.78, 5) is 7.02. The highest BCUT2D eigenvalue weighted by atomic mass is 32.2. The predicted octanol–water partition coefficient (Wildman–Crippen LogP) is 2.05. The minimum atomic E-state index is 0.690. The van der Waals surface area contributed by atoms with Crippen LogP contribution in [0, 0.1) is 11.8 Å². The fraction of sp³-hybridized carbons (Fsp3) is 0.923. The summed E-state index contributed by atoms with van der Waals surface area (Å²) in [5.74, 6) is 1.57. The topological polar surface area (TPSA) is 27.6 Å². The number of hydrogen-bond acceptors (Lipinski definition) is 4. The second-order valence-electron chi connectivity index (χ2n) is 5.67. The Hall–Kier alpha value is -0.220. The van der Waals surface area contributed by atoms with Crippen molar-refractivity contribution in [2.24, 2.45) is 16.8 Å². The molecule has 98 valence electrons. The summed E-state index contributed by atoms with van der Waals surface area (Å²) >= 11 is 1.94. The second-order valence-corrected chi connectivity index (χ2v) is 6.90. The molecule has 1 saturated heterocycles. The van der Waals surface area contributed by atoms with Gasteiger partial charge in [-0.05, 0) is 44.8 Å². The van der Waals surface area contributed by atoms with Crippen molar-refractivity contribution < 1.29 is 0 Å². The average molecular weight is 255 g/mol. The van der Waals surface area contributed by atoms with Gasteiger partial charge in [0.25, 0.3) is 0 Å². The van der Waals surface area contributed by atoms with Crippen LogP contribution < -0.4 is 5.32 Å². The lowest BCUT2D eigenvalue weighted by molar-refractivity contribution is 0.220. The second kappa shape index (κ2) is 6.10. The molecule has 3 nitrogen and oxygen atoms in total. The molecule has 2 aliphatic heterocycles. The van der Waals surface area contributed by atoms with Crippen molar-refractivity contribution in [3.63, 3.8) is 0 Å². The molecule has 0 aromatic rings. The van der Waals surface area contributed by atoms with E-state index in [2.05, 4.69) is 36.1 Å². The molecule has 1 unspecified atom stereocenters. The largest absolute Gasteiger partial charge is 0.365 e. The molecule has 4 heteroatoms. The maximum Gasteiger partial charge on any atom is 0.156 e. The Morgan fingerprint density at radius 1 is 1.41 bits per heavy atom. The van der Waals surface area contributed by atoms with Crippen LogP contribution in [0.25, 0.3) is 0 Å². The molecule has 1 atom stereocenters. The number of nitrogens with one attached hydrogen (secondary N) is 1. The first-order chi connectivity index (χ1) is 8.15. The number of likely N-dealkylation sites (tertiary alicyclic amines) is 1. The van der Waals surface area contributed by atoms with E-state index < -0.39 is 0 Å². The van der Waals surface area contributed by atoms with Crippen molar-refractivity contribution in [2.75, 3.05) is 33.2 Å². The first-order valence-electron chi connectivity index (χ1n) is 6.78. The molecule has 1 N–H and O–H groups in total. The summed E-state index contributed by atoms with van der Waals surface area (Å²) < 4.78 is 0. The van der Waals surface area contributed by atoms with Crippen LogP contribution in [-0.4, -0.2) is 48.5 Å². The van der Waals surface area contributed by atoms with Gasteiger partial charge < -0.3 is 10.2 Å². The van der Waals surface area contributed by atoms with Gasteiger partial charge >= 0.3 is 0 Å². The van der Waals surface area contributed by atoms with E-state index in [-0.39, 0.29) is 0 Å². The highest BCUT2D eigenvalue weighted by Crippen LogP contribution is 2.26. The third-order valence-electron chi connectivity index (χ3n) is 3.80. The number of amidine groups is 1. The quantitative estimate of drug-likeness (QED) is 0.836. The number of nitrogens with zero attached hydrogens (tertiary/aromatic N) is 2. The Morgan fingerprint density at radius 3 is 2.71 bits per heavy atom. The molecule has 0 saturated carbocycles. The molecular formula is C13H25N3S. The van der Waals surface area contributed by atoms with Gasteiger partial charge in [-0.15, -0.1) is 0 Å². The zero-order valence-corrected chi connectivity index (χ0v) is 12.1. The van der Waals surface area contributed by atoms with Crippen LogP contribution in [-0.2, 0) is 0 Å². The van der Waals surface area contributed by atoms with Gasteiger partial charge in [-0.3, -0.25) is 4.99 Å². The molecule has 2 rings (SSSR count). The molecule has 0 spiro atoms. The molecule has 2 aliphatic rings. The number of aliphatic imine (C=N–C) groups is 1. The molecule has 1 fully saturated rings. The van der Waals surface area contributed by atoms with Gasteiger partial charge in [0.1, 0.15) is 0 Å². The van der Waals surface area contributed by atoms with Crippen molar-refractivity contribution >= 4 is 16.9 Å². The first kappa shape index (κ1) is 13.2. The van der Waals surface area contributed by atoms with Gasteiger partial charge in [0, 0.05) is 11.8 Å². The van der Waals surface area contributed by atoms with Crippen LogP contribution in [0.5, 0.6) is 0 Å². The minimum absolute atomic E-state index is 0.690. The van der Waals surface area contributed by atoms with E-state index in [1.165, 1.54) is 31.1 Å². The van der Waals surface area contributed by atoms with E-state index >= 15 is 0 Å². The molecule has 0 aliphatic carbocycles. The van der Waals surface area contributed by atoms with Gasteiger partial charge in [0.2, 0.25) is 0 Å². The molecule has 17 heavy (non-hydrogen) atoms. The Morgan fingerprint density at radius 2 is 2.12 bits per heavy atom. The van der Waals surface area contributed by atoms with Crippen LogP contribution in [0.3, 0.4) is 0 Å². The van der Waals surface area contributed by atoms with Gasteiger partial charge in [-0.25, -0.2) is 0 Å². The van der Waals surface area contributed by atoms with Crippen LogP contribution in [0.2, 0.25) is 0 Å². The Bertz CT molecular complexity index is 270. The molecule has 0 bridgehead atoms. The summed E-state index contributed by atoms with van der Waals surface area (Å²) in [5, 5.41) is 5.42. The molecule has 2 heterocycles. The van der Waals surface area contributed by atoms with Crippen molar-refractivity contribution in [3.05, 3.63) is 0 Å². The minimum Gasteiger partial charge on any atom is -0.365 e. The Balaban J connectivity index is 1.66. The molecule has 0 amide bonds. The first-order valence-corrected chi connectivity index (χ1v) is 7.66. The van der Waals surface area contributed by atoms with Crippen LogP contribution in [0.4, 0.5) is 0 Å². The van der Waals surface area contributed by atoms with Crippen LogP contribution in [0.1, 0.15) is 26.7 Å². The molecular weight excluding hydrogens is 230 g/mol. The van der Waals surface area contributed by atoms with E-state index in [9.17, 15) is 0 Å². The van der Waals surface area contributed by atoms with E-state index in [0.717, 1.165) is 24.9 Å². The smallest absolute Gasteiger partial charge is 0.156 e. The zero-order valence-electron chi connectivity index (χ0n) is 11.3. The summed E-state index contributed by atoms with van der Waals surface area (Å²) in [6.45, 7) is 9.18. The van der Waals surface area contributed by atoms with E-state index in [1.54, 1.807) is 0 Å². The SMILES string of the molecule is CC(C)C1CN=C(NCC2CCN(C)CC2)S1. The summed E-state index contributed by atoms with van der Waals surface area (Å²) in [6.07, 6.45) is 2.66. The van der Waals surface area contributed by atoms with Gasteiger partial charge in [0.05, 0.1) is 6.54 Å². The normalized spacial score (nSPS) is 27.5. The Labute approximate surface area is 109 Å². The number of rotatable bonds is 3. The highest BCUT2D eigenvalue weighted by Gasteiger charge is 2.23. The Kier molecular flexibility index (Phi) is 4.74. The lowest BCUT2D eigenvalue weighted by Gasteiger charge is -2.29. The van der Waals surface area contributed by atoms with E-state index in [0.29, 0.717) is 5.25 Å². The predicted molar refractivity (Wildman–Crippen MR) is 76.7 cm³/mol. The monoisotopic (exact) mass is 255 g/mol.